The van der Waals surface area contributed by atoms with Gasteiger partial charge in [-0.3, -0.25) is 9.59 Å². The third-order valence-corrected chi connectivity index (χ3v) is 7.09. The van der Waals surface area contributed by atoms with Gasteiger partial charge in [-0.2, -0.15) is 10.5 Å². The molecule has 5 rings (SSSR count). The summed E-state index contributed by atoms with van der Waals surface area (Å²) in [7, 11) is 0. The van der Waals surface area contributed by atoms with Crippen LogP contribution < -0.4 is 4.90 Å². The van der Waals surface area contributed by atoms with Gasteiger partial charge >= 0.3 is 0 Å². The van der Waals surface area contributed by atoms with Crippen LogP contribution in [0.2, 0.25) is 0 Å². The Labute approximate surface area is 262 Å². The number of hydrogen-bond acceptors (Lipinski definition) is 5. The summed E-state index contributed by atoms with van der Waals surface area (Å²) >= 11 is 0. The number of aldehydes is 2. The Morgan fingerprint density at radius 1 is 0.467 bits per heavy atom. The number of hydrogen-bond donors (Lipinski definition) is 0. The maximum atomic E-state index is 11.1. The Kier molecular flexibility index (Phi) is 9.68. The van der Waals surface area contributed by atoms with Gasteiger partial charge in [0.2, 0.25) is 0 Å². The highest BCUT2D eigenvalue weighted by Crippen LogP contribution is 2.36. The van der Waals surface area contributed by atoms with Gasteiger partial charge in [-0.1, -0.05) is 97.1 Å². The van der Waals surface area contributed by atoms with E-state index in [0.717, 1.165) is 50.5 Å². The first-order valence-electron chi connectivity index (χ1n) is 14.2. The number of anilines is 3. The summed E-state index contributed by atoms with van der Waals surface area (Å²) in [6.07, 6.45) is 6.34. The highest BCUT2D eigenvalue weighted by Gasteiger charge is 2.13. The molecule has 5 aromatic rings. The Balaban J connectivity index is 1.55. The van der Waals surface area contributed by atoms with Crippen LogP contribution in [0.25, 0.3) is 23.8 Å². The minimum absolute atomic E-state index is 0.0457. The van der Waals surface area contributed by atoms with Crippen molar-refractivity contribution in [2.45, 2.75) is 0 Å². The molecule has 45 heavy (non-hydrogen) atoms. The van der Waals surface area contributed by atoms with Crippen molar-refractivity contribution >= 4 is 53.4 Å². The molecular weight excluding hydrogens is 554 g/mol. The van der Waals surface area contributed by atoms with E-state index < -0.39 is 0 Å². The molecule has 0 amide bonds. The van der Waals surface area contributed by atoms with E-state index in [9.17, 15) is 9.59 Å². The topological polar surface area (TPSA) is 85.0 Å². The van der Waals surface area contributed by atoms with Crippen LogP contribution in [0.1, 0.15) is 27.8 Å². The molecule has 0 heterocycles. The van der Waals surface area contributed by atoms with Crippen LogP contribution in [0, 0.1) is 22.7 Å². The smallest absolute Gasteiger partial charge is 0.160 e. The molecule has 214 valence electrons. The summed E-state index contributed by atoms with van der Waals surface area (Å²) in [5.74, 6) is 0. The Morgan fingerprint density at radius 3 is 1.11 bits per heavy atom. The van der Waals surface area contributed by atoms with Gasteiger partial charge in [0.25, 0.3) is 0 Å². The molecule has 0 fully saturated rings. The monoisotopic (exact) mass is 581 g/mol. The van der Waals surface area contributed by atoms with E-state index in [1.165, 1.54) is 0 Å². The van der Waals surface area contributed by atoms with Gasteiger partial charge in [-0.25, -0.2) is 0 Å². The van der Waals surface area contributed by atoms with Gasteiger partial charge in [0, 0.05) is 17.1 Å². The zero-order valence-electron chi connectivity index (χ0n) is 24.2. The maximum Gasteiger partial charge on any atom is 0.160 e. The summed E-state index contributed by atoms with van der Waals surface area (Å²) in [5.41, 5.74) is 8.61. The van der Waals surface area contributed by atoms with Crippen molar-refractivity contribution < 1.29 is 9.59 Å². The summed E-state index contributed by atoms with van der Waals surface area (Å²) < 4.78 is 0. The zero-order chi connectivity index (χ0) is 31.4. The highest BCUT2D eigenvalue weighted by atomic mass is 16.1. The lowest BCUT2D eigenvalue weighted by Crippen LogP contribution is -2.09. The van der Waals surface area contributed by atoms with Gasteiger partial charge in [-0.15, -0.1) is 0 Å². The second kappa shape index (κ2) is 14.6. The molecular formula is C40H27N3O2. The van der Waals surface area contributed by atoms with E-state index in [-0.39, 0.29) is 11.1 Å². The molecule has 0 aliphatic rings. The molecule has 0 aromatic heterocycles. The maximum absolute atomic E-state index is 11.1. The van der Waals surface area contributed by atoms with E-state index >= 15 is 0 Å². The van der Waals surface area contributed by atoms with E-state index in [0.29, 0.717) is 12.6 Å². The number of carbonyl (C=O) groups excluding carboxylic acids is 2. The van der Waals surface area contributed by atoms with Crippen LogP contribution >= 0.6 is 0 Å². The van der Waals surface area contributed by atoms with Crippen molar-refractivity contribution in [2.75, 3.05) is 4.90 Å². The minimum Gasteiger partial charge on any atom is -0.311 e. The normalized spacial score (nSPS) is 11.1. The first kappa shape index (κ1) is 29.9. The predicted molar refractivity (Wildman–Crippen MR) is 180 cm³/mol. The van der Waals surface area contributed by atoms with Gasteiger partial charge in [0.1, 0.15) is 12.1 Å². The molecule has 0 saturated heterocycles. The van der Waals surface area contributed by atoms with Crippen LogP contribution in [-0.4, -0.2) is 12.6 Å². The van der Waals surface area contributed by atoms with Crippen molar-refractivity contribution in [2.24, 2.45) is 0 Å². The lowest BCUT2D eigenvalue weighted by atomic mass is 9.95. The van der Waals surface area contributed by atoms with Gasteiger partial charge < -0.3 is 4.90 Å². The molecule has 0 N–H and O–H groups in total. The average Bonchev–Trinajstić information content (AvgIpc) is 3.11. The van der Waals surface area contributed by atoms with E-state index in [1.807, 2.05) is 97.1 Å². The quantitative estimate of drug-likeness (QED) is 0.0711. The van der Waals surface area contributed by atoms with Gasteiger partial charge in [0.05, 0.1) is 11.1 Å². The SMILES string of the molecule is N#C/C(C=O)=C/c1ccc(N(c2ccc(C=C(c3ccccc3)c3ccccc3)cc2)c2ccc(/C=C(\C#N)C=O)cc2)cc1. The largest absolute Gasteiger partial charge is 0.311 e. The van der Waals surface area contributed by atoms with Gasteiger partial charge in [0.15, 0.2) is 12.6 Å². The van der Waals surface area contributed by atoms with Crippen molar-refractivity contribution in [1.29, 1.82) is 10.5 Å². The number of nitriles is 2. The number of nitrogens with zero attached hydrogens (tertiary/aromatic N) is 3. The average molecular weight is 582 g/mol. The molecule has 5 heteroatoms. The zero-order valence-corrected chi connectivity index (χ0v) is 24.2. The molecule has 0 radical (unpaired) electrons. The minimum atomic E-state index is 0.0457. The molecule has 5 aromatic carbocycles. The fourth-order valence-corrected chi connectivity index (χ4v) is 4.89. The molecule has 0 atom stereocenters. The fourth-order valence-electron chi connectivity index (χ4n) is 4.89. The van der Waals surface area contributed by atoms with Crippen molar-refractivity contribution in [3.05, 3.63) is 172 Å². The second-order valence-corrected chi connectivity index (χ2v) is 10.1. The van der Waals surface area contributed by atoms with Crippen LogP contribution in [0.15, 0.2) is 145 Å². The van der Waals surface area contributed by atoms with Crippen LogP contribution in [-0.2, 0) is 9.59 Å². The van der Waals surface area contributed by atoms with E-state index in [2.05, 4.69) is 59.5 Å². The standard InChI is InChI=1S/C40H27N3O2/c41-26-33(28-44)23-30-11-17-37(18-12-30)43(38-19-13-31(14-20-38)24-34(27-42)29-45)39-21-15-32(16-22-39)25-40(35-7-3-1-4-8-35)36-9-5-2-6-10-36/h1-25,28-29H/b33-23-,34-24+. The molecule has 0 aliphatic carbocycles. The summed E-state index contributed by atoms with van der Waals surface area (Å²) in [4.78, 5) is 24.3. The number of carbonyl (C=O) groups is 2. The molecule has 0 bridgehead atoms. The third-order valence-electron chi connectivity index (χ3n) is 7.09. The van der Waals surface area contributed by atoms with Gasteiger partial charge in [-0.05, 0) is 88.0 Å². The number of allylic oxidation sites excluding steroid dienone is 2. The lowest BCUT2D eigenvalue weighted by molar-refractivity contribution is -0.105. The first-order chi connectivity index (χ1) is 22.1. The third kappa shape index (κ3) is 7.45. The first-order valence-corrected chi connectivity index (χ1v) is 14.2. The van der Waals surface area contributed by atoms with E-state index in [1.54, 1.807) is 12.2 Å². The highest BCUT2D eigenvalue weighted by molar-refractivity contribution is 5.92. The number of benzene rings is 5. The molecule has 0 aliphatic heterocycles. The molecule has 5 nitrogen and oxygen atoms in total. The predicted octanol–water partition coefficient (Wildman–Crippen LogP) is 8.96. The summed E-state index contributed by atoms with van der Waals surface area (Å²) in [6, 6.07) is 47.8. The molecule has 0 spiro atoms. The second-order valence-electron chi connectivity index (χ2n) is 10.1. The fraction of sp³-hybridized carbons (Fsp3) is 0. The van der Waals surface area contributed by atoms with E-state index in [4.69, 9.17) is 10.5 Å². The van der Waals surface area contributed by atoms with Crippen molar-refractivity contribution in [3.63, 3.8) is 0 Å². The summed E-state index contributed by atoms with van der Waals surface area (Å²) in [5, 5.41) is 18.3. The Morgan fingerprint density at radius 2 is 0.800 bits per heavy atom. The summed E-state index contributed by atoms with van der Waals surface area (Å²) in [6.45, 7) is 0. The number of rotatable bonds is 10. The molecule has 0 saturated carbocycles. The lowest BCUT2D eigenvalue weighted by Gasteiger charge is -2.26. The van der Waals surface area contributed by atoms with Crippen LogP contribution in [0.3, 0.4) is 0 Å². The molecule has 0 unspecified atom stereocenters. The Hall–Kier alpha value is -6.56. The van der Waals surface area contributed by atoms with Crippen molar-refractivity contribution in [1.82, 2.24) is 0 Å². The van der Waals surface area contributed by atoms with Crippen molar-refractivity contribution in [3.8, 4) is 12.1 Å². The van der Waals surface area contributed by atoms with Crippen LogP contribution in [0.5, 0.6) is 0 Å². The Bertz CT molecular complexity index is 1840. The van der Waals surface area contributed by atoms with Crippen LogP contribution in [0.4, 0.5) is 17.1 Å².